The SMILES string of the molecule is CC1=C[C@@](C)(C(Cl)(Cl)Cl)C(C)=C/C1=N\O. The maximum absolute atomic E-state index is 8.76. The van der Waals surface area contributed by atoms with Crippen LogP contribution in [0.4, 0.5) is 0 Å². The summed E-state index contributed by atoms with van der Waals surface area (Å²) < 4.78 is -1.42. The van der Waals surface area contributed by atoms with E-state index in [0.717, 1.165) is 11.1 Å². The van der Waals surface area contributed by atoms with E-state index in [2.05, 4.69) is 5.16 Å². The van der Waals surface area contributed by atoms with Gasteiger partial charge in [0, 0.05) is 0 Å². The van der Waals surface area contributed by atoms with Gasteiger partial charge in [0.1, 0.15) is 5.71 Å². The van der Waals surface area contributed by atoms with E-state index in [1.54, 1.807) is 6.08 Å². The van der Waals surface area contributed by atoms with Crippen molar-refractivity contribution in [3.05, 3.63) is 23.3 Å². The van der Waals surface area contributed by atoms with Crippen molar-refractivity contribution in [2.24, 2.45) is 10.6 Å². The van der Waals surface area contributed by atoms with Crippen LogP contribution >= 0.6 is 34.8 Å². The molecule has 0 aromatic heterocycles. The first-order chi connectivity index (χ1) is 6.72. The van der Waals surface area contributed by atoms with Gasteiger partial charge in [-0.1, -0.05) is 51.6 Å². The molecule has 0 amide bonds. The van der Waals surface area contributed by atoms with E-state index in [0.29, 0.717) is 5.71 Å². The summed E-state index contributed by atoms with van der Waals surface area (Å²) in [6, 6.07) is 0. The van der Waals surface area contributed by atoms with Crippen LogP contribution in [0.25, 0.3) is 0 Å². The Labute approximate surface area is 104 Å². The molecule has 0 radical (unpaired) electrons. The summed E-state index contributed by atoms with van der Waals surface area (Å²) >= 11 is 17.8. The lowest BCUT2D eigenvalue weighted by molar-refractivity contribution is 0.319. The first-order valence-corrected chi connectivity index (χ1v) is 5.53. The van der Waals surface area contributed by atoms with E-state index < -0.39 is 9.21 Å². The van der Waals surface area contributed by atoms with Gasteiger partial charge in [0.2, 0.25) is 3.79 Å². The predicted octanol–water partition coefficient (Wildman–Crippen LogP) is 4.10. The monoisotopic (exact) mass is 267 g/mol. The van der Waals surface area contributed by atoms with Gasteiger partial charge in [-0.05, 0) is 32.4 Å². The average molecular weight is 269 g/mol. The third kappa shape index (κ3) is 2.17. The van der Waals surface area contributed by atoms with Gasteiger partial charge in [-0.2, -0.15) is 0 Å². The minimum Gasteiger partial charge on any atom is -0.410 e. The fourth-order valence-corrected chi connectivity index (χ4v) is 2.11. The summed E-state index contributed by atoms with van der Waals surface area (Å²) in [6.07, 6.45) is 3.53. The molecule has 0 aliphatic heterocycles. The average Bonchev–Trinajstić information content (AvgIpc) is 2.09. The van der Waals surface area contributed by atoms with E-state index in [1.807, 2.05) is 26.8 Å². The van der Waals surface area contributed by atoms with Crippen LogP contribution in [0, 0.1) is 5.41 Å². The van der Waals surface area contributed by atoms with Gasteiger partial charge in [-0.25, -0.2) is 0 Å². The third-order valence-corrected chi connectivity index (χ3v) is 3.96. The van der Waals surface area contributed by atoms with Gasteiger partial charge in [0.15, 0.2) is 0 Å². The van der Waals surface area contributed by atoms with E-state index >= 15 is 0 Å². The smallest absolute Gasteiger partial charge is 0.202 e. The highest BCUT2D eigenvalue weighted by Crippen LogP contribution is 2.51. The molecule has 2 nitrogen and oxygen atoms in total. The number of nitrogens with zero attached hydrogens (tertiary/aromatic N) is 1. The van der Waals surface area contributed by atoms with Gasteiger partial charge in [0.25, 0.3) is 0 Å². The van der Waals surface area contributed by atoms with E-state index in [-0.39, 0.29) is 0 Å². The standard InChI is InChI=1S/C10H12Cl3NO/c1-6-5-9(3,10(11,12)13)7(2)4-8(6)14-15/h4-5,15H,1-3H3/b14-8+/t9-/m1/s1. The van der Waals surface area contributed by atoms with Crippen molar-refractivity contribution in [3.8, 4) is 0 Å². The van der Waals surface area contributed by atoms with Gasteiger partial charge < -0.3 is 5.21 Å². The Morgan fingerprint density at radius 2 is 1.87 bits per heavy atom. The lowest BCUT2D eigenvalue weighted by Crippen LogP contribution is -2.34. The second-order valence-electron chi connectivity index (χ2n) is 3.84. The van der Waals surface area contributed by atoms with Crippen molar-refractivity contribution in [3.63, 3.8) is 0 Å². The summed E-state index contributed by atoms with van der Waals surface area (Å²) in [5.74, 6) is 0. The minimum atomic E-state index is -1.42. The summed E-state index contributed by atoms with van der Waals surface area (Å²) in [4.78, 5) is 0. The molecule has 0 aromatic rings. The fourth-order valence-electron chi connectivity index (χ4n) is 1.50. The van der Waals surface area contributed by atoms with E-state index in [4.69, 9.17) is 40.0 Å². The van der Waals surface area contributed by atoms with Crippen LogP contribution < -0.4 is 0 Å². The summed E-state index contributed by atoms with van der Waals surface area (Å²) in [7, 11) is 0. The minimum absolute atomic E-state index is 0.499. The molecular formula is C10H12Cl3NO. The van der Waals surface area contributed by atoms with E-state index in [1.165, 1.54) is 0 Å². The van der Waals surface area contributed by atoms with Crippen LogP contribution in [0.15, 0.2) is 28.5 Å². The highest BCUT2D eigenvalue weighted by molar-refractivity contribution is 6.68. The Bertz CT molecular complexity index is 365. The summed E-state index contributed by atoms with van der Waals surface area (Å²) in [5.41, 5.74) is 1.47. The molecule has 15 heavy (non-hydrogen) atoms. The van der Waals surface area contributed by atoms with Crippen LogP contribution in [-0.4, -0.2) is 14.7 Å². The van der Waals surface area contributed by atoms with Crippen LogP contribution in [0.2, 0.25) is 0 Å². The molecule has 0 bridgehead atoms. The lowest BCUT2D eigenvalue weighted by Gasteiger charge is -2.37. The number of rotatable bonds is 0. The maximum Gasteiger partial charge on any atom is 0.202 e. The predicted molar refractivity (Wildman–Crippen MR) is 65.1 cm³/mol. The molecule has 1 N–H and O–H groups in total. The van der Waals surface area contributed by atoms with Crippen LogP contribution in [0.3, 0.4) is 0 Å². The molecule has 1 aliphatic rings. The molecule has 0 spiro atoms. The van der Waals surface area contributed by atoms with Gasteiger partial charge in [0.05, 0.1) is 5.41 Å². The highest BCUT2D eigenvalue weighted by atomic mass is 35.6. The molecule has 84 valence electrons. The molecule has 0 aromatic carbocycles. The number of hydrogen-bond donors (Lipinski definition) is 1. The second-order valence-corrected chi connectivity index (χ2v) is 6.12. The van der Waals surface area contributed by atoms with E-state index in [9.17, 15) is 0 Å². The molecule has 1 atom stereocenters. The zero-order valence-electron chi connectivity index (χ0n) is 8.68. The largest absolute Gasteiger partial charge is 0.410 e. The number of halogens is 3. The normalized spacial score (nSPS) is 30.1. The molecule has 5 heteroatoms. The molecule has 0 saturated carbocycles. The number of hydrogen-bond acceptors (Lipinski definition) is 2. The zero-order chi connectivity index (χ0) is 11.9. The summed E-state index contributed by atoms with van der Waals surface area (Å²) in [5, 5.41) is 11.9. The van der Waals surface area contributed by atoms with Crippen molar-refractivity contribution in [1.29, 1.82) is 0 Å². The molecule has 0 heterocycles. The molecular weight excluding hydrogens is 256 g/mol. The van der Waals surface area contributed by atoms with Crippen LogP contribution in [-0.2, 0) is 0 Å². The highest BCUT2D eigenvalue weighted by Gasteiger charge is 2.45. The molecule has 0 fully saturated rings. The number of allylic oxidation sites excluding steroid dienone is 4. The van der Waals surface area contributed by atoms with Gasteiger partial charge in [-0.15, -0.1) is 0 Å². The van der Waals surface area contributed by atoms with Gasteiger partial charge in [-0.3, -0.25) is 0 Å². The van der Waals surface area contributed by atoms with Crippen molar-refractivity contribution in [2.45, 2.75) is 24.6 Å². The van der Waals surface area contributed by atoms with Crippen molar-refractivity contribution in [1.82, 2.24) is 0 Å². The number of oxime groups is 1. The fraction of sp³-hybridized carbons (Fsp3) is 0.500. The zero-order valence-corrected chi connectivity index (χ0v) is 11.0. The Hall–Kier alpha value is -0.180. The topological polar surface area (TPSA) is 32.6 Å². The number of alkyl halides is 3. The molecule has 1 rings (SSSR count). The first kappa shape index (κ1) is 12.9. The summed E-state index contributed by atoms with van der Waals surface area (Å²) in [6.45, 7) is 5.49. The Balaban J connectivity index is 3.28. The second kappa shape index (κ2) is 4.00. The molecule has 1 aliphatic carbocycles. The molecule has 0 unspecified atom stereocenters. The van der Waals surface area contributed by atoms with Crippen molar-refractivity contribution < 1.29 is 5.21 Å². The van der Waals surface area contributed by atoms with Crippen LogP contribution in [0.1, 0.15) is 20.8 Å². The Morgan fingerprint density at radius 3 is 2.27 bits per heavy atom. The quantitative estimate of drug-likeness (QED) is 0.400. The third-order valence-electron chi connectivity index (χ3n) is 2.78. The lowest BCUT2D eigenvalue weighted by atomic mass is 9.78. The maximum atomic E-state index is 8.76. The molecule has 0 saturated heterocycles. The van der Waals surface area contributed by atoms with Gasteiger partial charge >= 0.3 is 0 Å². The van der Waals surface area contributed by atoms with Crippen molar-refractivity contribution >= 4 is 40.5 Å². The Morgan fingerprint density at radius 1 is 1.33 bits per heavy atom. The van der Waals surface area contributed by atoms with Crippen molar-refractivity contribution in [2.75, 3.05) is 0 Å². The Kier molecular flexibility index (Phi) is 3.44. The van der Waals surface area contributed by atoms with Crippen LogP contribution in [0.5, 0.6) is 0 Å². The first-order valence-electron chi connectivity index (χ1n) is 4.40.